The predicted octanol–water partition coefficient (Wildman–Crippen LogP) is 6.37. The molecule has 1 heterocycles. The summed E-state index contributed by atoms with van der Waals surface area (Å²) in [5.41, 5.74) is 2.69. The van der Waals surface area contributed by atoms with Crippen molar-refractivity contribution >= 4 is 46.9 Å². The summed E-state index contributed by atoms with van der Waals surface area (Å²) in [6, 6.07) is 23.4. The highest BCUT2D eigenvalue weighted by Crippen LogP contribution is 2.27. The molecule has 0 saturated heterocycles. The number of hydrogen-bond donors (Lipinski definition) is 0. The van der Waals surface area contributed by atoms with E-state index in [0.29, 0.717) is 9.52 Å². The van der Waals surface area contributed by atoms with Crippen LogP contribution in [0.3, 0.4) is 0 Å². The van der Waals surface area contributed by atoms with E-state index in [4.69, 9.17) is 12.2 Å². The van der Waals surface area contributed by atoms with Crippen molar-refractivity contribution in [3.8, 4) is 5.69 Å². The summed E-state index contributed by atoms with van der Waals surface area (Å²) in [6.07, 6.45) is 0. The van der Waals surface area contributed by atoms with Gasteiger partial charge in [-0.15, -0.1) is 5.10 Å². The molecule has 0 unspecified atom stereocenters. The van der Waals surface area contributed by atoms with Gasteiger partial charge in [0.2, 0.25) is 0 Å². The lowest BCUT2D eigenvalue weighted by Crippen LogP contribution is -2.27. The minimum Gasteiger partial charge on any atom is -0.309 e. The first-order valence-corrected chi connectivity index (χ1v) is 11.6. The van der Waals surface area contributed by atoms with E-state index in [1.807, 2.05) is 18.2 Å². The van der Waals surface area contributed by atoms with Gasteiger partial charge < -0.3 is 4.90 Å². The smallest absolute Gasteiger partial charge is 0.258 e. The summed E-state index contributed by atoms with van der Waals surface area (Å²) in [5, 5.41) is 4.61. The molecule has 31 heavy (non-hydrogen) atoms. The van der Waals surface area contributed by atoms with E-state index in [9.17, 15) is 9.18 Å². The average Bonchev–Trinajstić information content (AvgIpc) is 3.18. The third-order valence-corrected chi connectivity index (χ3v) is 7.05. The van der Waals surface area contributed by atoms with Crippen LogP contribution in [0.5, 0.6) is 0 Å². The lowest BCUT2D eigenvalue weighted by molar-refractivity contribution is 0.0992. The fourth-order valence-corrected chi connectivity index (χ4v) is 5.29. The first kappa shape index (κ1) is 21.4. The van der Waals surface area contributed by atoms with Crippen molar-refractivity contribution in [2.75, 3.05) is 11.9 Å². The molecule has 0 radical (unpaired) electrons. The predicted molar refractivity (Wildman–Crippen MR) is 127 cm³/mol. The lowest BCUT2D eigenvalue weighted by atomic mass is 10.1. The molecule has 3 aromatic carbocycles. The topological polar surface area (TPSA) is 38.1 Å². The molecule has 0 bridgehead atoms. The molecule has 8 heteroatoms. The van der Waals surface area contributed by atoms with E-state index in [1.54, 1.807) is 66.0 Å². The molecule has 0 aliphatic carbocycles. The molecule has 4 aromatic rings. The Morgan fingerprint density at radius 1 is 1.06 bits per heavy atom. The Morgan fingerprint density at radius 3 is 2.45 bits per heavy atom. The SMILES string of the molecule is CN(C(=O)c1ccc(-n2nc(SCc3ccccc3)sc2=S)cc1)c1ccccc1F. The lowest BCUT2D eigenvalue weighted by Gasteiger charge is -2.18. The number of amides is 1. The summed E-state index contributed by atoms with van der Waals surface area (Å²) < 4.78 is 17.2. The molecule has 156 valence electrons. The number of halogens is 1. The van der Waals surface area contributed by atoms with Gasteiger partial charge in [0, 0.05) is 18.4 Å². The van der Waals surface area contributed by atoms with Gasteiger partial charge >= 0.3 is 0 Å². The van der Waals surface area contributed by atoms with Gasteiger partial charge in [0.15, 0.2) is 8.29 Å². The second kappa shape index (κ2) is 9.55. The molecular formula is C23H18FN3OS3. The molecule has 1 aromatic heterocycles. The summed E-state index contributed by atoms with van der Waals surface area (Å²) in [5.74, 6) is 0.0841. The summed E-state index contributed by atoms with van der Waals surface area (Å²) >= 11 is 8.57. The van der Waals surface area contributed by atoms with Gasteiger partial charge in [-0.1, -0.05) is 65.6 Å². The second-order valence-electron chi connectivity index (χ2n) is 6.68. The Bertz CT molecular complexity index is 1250. The summed E-state index contributed by atoms with van der Waals surface area (Å²) in [7, 11) is 1.56. The molecule has 0 saturated carbocycles. The van der Waals surface area contributed by atoms with Crippen LogP contribution in [0.25, 0.3) is 5.69 Å². The van der Waals surface area contributed by atoms with Crippen molar-refractivity contribution in [1.82, 2.24) is 9.78 Å². The Morgan fingerprint density at radius 2 is 1.74 bits per heavy atom. The van der Waals surface area contributed by atoms with Crippen molar-refractivity contribution < 1.29 is 9.18 Å². The molecular weight excluding hydrogens is 449 g/mol. The zero-order valence-electron chi connectivity index (χ0n) is 16.6. The van der Waals surface area contributed by atoms with Crippen molar-refractivity contribution in [3.05, 3.63) is 99.8 Å². The fourth-order valence-electron chi connectivity index (χ4n) is 2.97. The number of carbonyl (C=O) groups is 1. The maximum absolute atomic E-state index is 14.0. The van der Waals surface area contributed by atoms with Crippen molar-refractivity contribution in [2.45, 2.75) is 10.1 Å². The Labute approximate surface area is 193 Å². The van der Waals surface area contributed by atoms with Crippen LogP contribution in [-0.2, 0) is 5.75 Å². The Hall–Kier alpha value is -2.81. The van der Waals surface area contributed by atoms with Crippen LogP contribution in [0.4, 0.5) is 10.1 Å². The molecule has 0 fully saturated rings. The highest BCUT2D eigenvalue weighted by atomic mass is 32.2. The molecule has 4 rings (SSSR count). The number of para-hydroxylation sites is 1. The minimum atomic E-state index is -0.440. The van der Waals surface area contributed by atoms with E-state index in [1.165, 1.54) is 27.9 Å². The highest BCUT2D eigenvalue weighted by molar-refractivity contribution is 8.00. The van der Waals surface area contributed by atoms with Crippen LogP contribution in [0.15, 0.2) is 83.2 Å². The molecule has 0 N–H and O–H groups in total. The molecule has 0 aliphatic heterocycles. The number of benzene rings is 3. The first-order chi connectivity index (χ1) is 15.0. The standard InChI is InChI=1S/C23H18FN3OS3/c1-26(20-10-6-5-9-19(20)24)21(28)17-11-13-18(14-12-17)27-23(29)31-22(25-27)30-15-16-7-3-2-4-8-16/h2-14H,15H2,1H3. The van der Waals surface area contributed by atoms with E-state index >= 15 is 0 Å². The third-order valence-electron chi connectivity index (χ3n) is 4.61. The number of carbonyl (C=O) groups excluding carboxylic acids is 1. The van der Waals surface area contributed by atoms with Crippen molar-refractivity contribution in [3.63, 3.8) is 0 Å². The van der Waals surface area contributed by atoms with Gasteiger partial charge in [0.05, 0.1) is 11.4 Å². The van der Waals surface area contributed by atoms with E-state index in [-0.39, 0.29) is 11.6 Å². The molecule has 4 nitrogen and oxygen atoms in total. The van der Waals surface area contributed by atoms with Crippen LogP contribution < -0.4 is 4.90 Å². The van der Waals surface area contributed by atoms with E-state index < -0.39 is 5.82 Å². The third kappa shape index (κ3) is 4.92. The van der Waals surface area contributed by atoms with Crippen LogP contribution in [-0.4, -0.2) is 22.7 Å². The van der Waals surface area contributed by atoms with E-state index in [0.717, 1.165) is 15.8 Å². The minimum absolute atomic E-state index is 0.235. The van der Waals surface area contributed by atoms with Crippen molar-refractivity contribution in [2.24, 2.45) is 0 Å². The van der Waals surface area contributed by atoms with Gasteiger partial charge in [0.1, 0.15) is 5.82 Å². The number of nitrogens with zero attached hydrogens (tertiary/aromatic N) is 3. The number of aromatic nitrogens is 2. The van der Waals surface area contributed by atoms with Gasteiger partial charge in [-0.05, 0) is 54.2 Å². The number of hydrogen-bond acceptors (Lipinski definition) is 5. The number of rotatable bonds is 6. The van der Waals surface area contributed by atoms with Gasteiger partial charge in [-0.3, -0.25) is 4.79 Å². The Kier molecular flexibility index (Phi) is 6.60. The average molecular weight is 468 g/mol. The summed E-state index contributed by atoms with van der Waals surface area (Å²) in [6.45, 7) is 0. The van der Waals surface area contributed by atoms with Gasteiger partial charge in [0.25, 0.3) is 5.91 Å². The van der Waals surface area contributed by atoms with Crippen LogP contribution in [0.1, 0.15) is 15.9 Å². The summed E-state index contributed by atoms with van der Waals surface area (Å²) in [4.78, 5) is 14.1. The number of anilines is 1. The van der Waals surface area contributed by atoms with Crippen LogP contribution in [0, 0.1) is 9.77 Å². The normalized spacial score (nSPS) is 10.8. The molecule has 0 aliphatic rings. The second-order valence-corrected chi connectivity index (χ2v) is 9.53. The maximum atomic E-state index is 14.0. The first-order valence-electron chi connectivity index (χ1n) is 9.43. The molecule has 0 atom stereocenters. The largest absolute Gasteiger partial charge is 0.309 e. The van der Waals surface area contributed by atoms with Gasteiger partial charge in [-0.25, -0.2) is 9.07 Å². The Balaban J connectivity index is 1.49. The zero-order valence-corrected chi connectivity index (χ0v) is 19.0. The highest BCUT2D eigenvalue weighted by Gasteiger charge is 2.16. The van der Waals surface area contributed by atoms with Gasteiger partial charge in [-0.2, -0.15) is 0 Å². The van der Waals surface area contributed by atoms with Crippen LogP contribution in [0.2, 0.25) is 0 Å². The zero-order chi connectivity index (χ0) is 21.8. The molecule has 0 spiro atoms. The maximum Gasteiger partial charge on any atom is 0.258 e. The quantitative estimate of drug-likeness (QED) is 0.244. The fraction of sp³-hybridized carbons (Fsp3) is 0.0870. The number of thioether (sulfide) groups is 1. The van der Waals surface area contributed by atoms with Crippen molar-refractivity contribution in [1.29, 1.82) is 0 Å². The monoisotopic (exact) mass is 467 g/mol. The van der Waals surface area contributed by atoms with Crippen LogP contribution >= 0.6 is 35.3 Å². The van der Waals surface area contributed by atoms with E-state index in [2.05, 4.69) is 17.2 Å². The molecule has 1 amide bonds.